The molecule has 4 heteroatoms. The maximum Gasteiger partial charge on any atom is 0.124 e. The largest absolute Gasteiger partial charge is 0.497 e. The van der Waals surface area contributed by atoms with Crippen LogP contribution in [0.3, 0.4) is 0 Å². The lowest BCUT2D eigenvalue weighted by Gasteiger charge is -2.45. The maximum absolute atomic E-state index is 5.43. The van der Waals surface area contributed by atoms with Gasteiger partial charge in [-0.25, -0.2) is 0 Å². The Morgan fingerprint density at radius 1 is 1.10 bits per heavy atom. The summed E-state index contributed by atoms with van der Waals surface area (Å²) in [6.07, 6.45) is 3.84. The molecule has 0 saturated carbocycles. The third-order valence-electron chi connectivity index (χ3n) is 4.93. The van der Waals surface area contributed by atoms with Gasteiger partial charge in [0.1, 0.15) is 11.5 Å². The molecule has 0 aromatic heterocycles. The van der Waals surface area contributed by atoms with Crippen LogP contribution in [0.15, 0.2) is 18.2 Å². The van der Waals surface area contributed by atoms with Crippen molar-refractivity contribution < 1.29 is 9.47 Å². The molecule has 0 radical (unpaired) electrons. The van der Waals surface area contributed by atoms with E-state index in [1.54, 1.807) is 14.2 Å². The highest BCUT2D eigenvalue weighted by Gasteiger charge is 2.35. The molecule has 2 aliphatic heterocycles. The van der Waals surface area contributed by atoms with Crippen molar-refractivity contribution in [1.29, 1.82) is 0 Å². The second kappa shape index (κ2) is 6.14. The van der Waals surface area contributed by atoms with Gasteiger partial charge in [0, 0.05) is 49.1 Å². The molecule has 1 aromatic carbocycles. The van der Waals surface area contributed by atoms with Crippen molar-refractivity contribution in [1.82, 2.24) is 4.90 Å². The summed E-state index contributed by atoms with van der Waals surface area (Å²) in [5.74, 6) is 1.74. The molecule has 0 spiro atoms. The molecule has 4 nitrogen and oxygen atoms in total. The lowest BCUT2D eigenvalue weighted by Crippen LogP contribution is -2.56. The first-order valence-electron chi connectivity index (χ1n) is 7.99. The van der Waals surface area contributed by atoms with Crippen LogP contribution in [0.4, 0.5) is 5.69 Å². The molecule has 116 valence electrons. The third kappa shape index (κ3) is 2.82. The Labute approximate surface area is 127 Å². The molecular weight excluding hydrogens is 264 g/mol. The minimum Gasteiger partial charge on any atom is -0.497 e. The van der Waals surface area contributed by atoms with Gasteiger partial charge in [0.05, 0.1) is 14.2 Å². The molecule has 0 aliphatic carbocycles. The molecule has 2 fully saturated rings. The van der Waals surface area contributed by atoms with Crippen molar-refractivity contribution in [2.24, 2.45) is 0 Å². The quantitative estimate of drug-likeness (QED) is 0.851. The number of anilines is 1. The van der Waals surface area contributed by atoms with Crippen LogP contribution in [0.5, 0.6) is 11.5 Å². The fraction of sp³-hybridized carbons (Fsp3) is 0.647. The molecule has 2 unspecified atom stereocenters. The number of ether oxygens (including phenoxy) is 2. The summed E-state index contributed by atoms with van der Waals surface area (Å²) in [6.45, 7) is 5.86. The lowest BCUT2D eigenvalue weighted by molar-refractivity contribution is 0.194. The fourth-order valence-electron chi connectivity index (χ4n) is 3.71. The number of hydrogen-bond donors (Lipinski definition) is 0. The highest BCUT2D eigenvalue weighted by molar-refractivity contribution is 5.57. The molecule has 0 N–H and O–H groups in total. The van der Waals surface area contributed by atoms with Crippen LogP contribution >= 0.6 is 0 Å². The van der Waals surface area contributed by atoms with Crippen LogP contribution < -0.4 is 14.4 Å². The van der Waals surface area contributed by atoms with Gasteiger partial charge in [0.15, 0.2) is 0 Å². The zero-order chi connectivity index (χ0) is 14.8. The molecule has 0 bridgehead atoms. The first kappa shape index (κ1) is 14.5. The molecule has 2 saturated heterocycles. The number of rotatable bonds is 4. The zero-order valence-electron chi connectivity index (χ0n) is 13.3. The lowest BCUT2D eigenvalue weighted by atomic mass is 10.0. The molecule has 3 rings (SSSR count). The van der Waals surface area contributed by atoms with Crippen molar-refractivity contribution in [2.75, 3.05) is 38.8 Å². The van der Waals surface area contributed by atoms with E-state index in [0.29, 0.717) is 12.1 Å². The van der Waals surface area contributed by atoms with Crippen LogP contribution in [0.25, 0.3) is 0 Å². The summed E-state index contributed by atoms with van der Waals surface area (Å²) >= 11 is 0. The minimum atomic E-state index is 0.580. The fourth-order valence-corrected chi connectivity index (χ4v) is 3.71. The number of fused-ring (bicyclic) bond motifs is 1. The van der Waals surface area contributed by atoms with Crippen LogP contribution in [0, 0.1) is 0 Å². The van der Waals surface area contributed by atoms with Crippen molar-refractivity contribution in [3.63, 3.8) is 0 Å². The van der Waals surface area contributed by atoms with Crippen molar-refractivity contribution in [3.05, 3.63) is 18.2 Å². The number of hydrogen-bond acceptors (Lipinski definition) is 4. The van der Waals surface area contributed by atoms with Crippen LogP contribution in [0.1, 0.15) is 26.2 Å². The van der Waals surface area contributed by atoms with E-state index in [4.69, 9.17) is 9.47 Å². The molecule has 21 heavy (non-hydrogen) atoms. The summed E-state index contributed by atoms with van der Waals surface area (Å²) in [7, 11) is 3.43. The average Bonchev–Trinajstić information content (AvgIpc) is 3.00. The highest BCUT2D eigenvalue weighted by Crippen LogP contribution is 2.34. The van der Waals surface area contributed by atoms with Crippen molar-refractivity contribution >= 4 is 5.69 Å². The number of methoxy groups -OCH3 is 2. The molecule has 2 heterocycles. The zero-order valence-corrected chi connectivity index (χ0v) is 13.3. The topological polar surface area (TPSA) is 24.9 Å². The summed E-state index contributed by atoms with van der Waals surface area (Å²) in [5.41, 5.74) is 1.23. The third-order valence-corrected chi connectivity index (χ3v) is 4.93. The van der Waals surface area contributed by atoms with Gasteiger partial charge in [0.2, 0.25) is 0 Å². The number of benzene rings is 1. The summed E-state index contributed by atoms with van der Waals surface area (Å²) in [4.78, 5) is 5.22. The van der Waals surface area contributed by atoms with Gasteiger partial charge >= 0.3 is 0 Å². The number of nitrogens with zero attached hydrogens (tertiary/aromatic N) is 2. The van der Waals surface area contributed by atoms with E-state index in [-0.39, 0.29) is 0 Å². The van der Waals surface area contributed by atoms with Crippen molar-refractivity contribution in [3.8, 4) is 11.5 Å². The molecule has 2 aliphatic rings. The summed E-state index contributed by atoms with van der Waals surface area (Å²) < 4.78 is 10.9. The molecule has 2 atom stereocenters. The van der Waals surface area contributed by atoms with Crippen LogP contribution in [-0.2, 0) is 0 Å². The van der Waals surface area contributed by atoms with Gasteiger partial charge in [-0.1, -0.05) is 6.92 Å². The van der Waals surface area contributed by atoms with E-state index in [1.165, 1.54) is 38.0 Å². The predicted octanol–water partition coefficient (Wildman–Crippen LogP) is 2.77. The first-order valence-corrected chi connectivity index (χ1v) is 7.99. The Morgan fingerprint density at radius 2 is 1.81 bits per heavy atom. The smallest absolute Gasteiger partial charge is 0.124 e. The van der Waals surface area contributed by atoms with E-state index >= 15 is 0 Å². The minimum absolute atomic E-state index is 0.580. The number of piperazine rings is 1. The highest BCUT2D eigenvalue weighted by atomic mass is 16.5. The Bertz CT molecular complexity index is 469. The SMILES string of the molecule is CCC1CN2CCCC2CN1c1cc(OC)cc(OC)c1. The second-order valence-corrected chi connectivity index (χ2v) is 6.08. The summed E-state index contributed by atoms with van der Waals surface area (Å²) in [5, 5.41) is 0. The van der Waals surface area contributed by atoms with Crippen LogP contribution in [0.2, 0.25) is 0 Å². The van der Waals surface area contributed by atoms with Gasteiger partial charge in [-0.15, -0.1) is 0 Å². The predicted molar refractivity (Wildman–Crippen MR) is 85.6 cm³/mol. The second-order valence-electron chi connectivity index (χ2n) is 6.08. The Balaban J connectivity index is 1.89. The molecule has 0 amide bonds. The normalized spacial score (nSPS) is 25.8. The van der Waals surface area contributed by atoms with E-state index < -0.39 is 0 Å². The average molecular weight is 290 g/mol. The Morgan fingerprint density at radius 3 is 2.43 bits per heavy atom. The van der Waals surface area contributed by atoms with E-state index in [2.05, 4.69) is 28.9 Å². The first-order chi connectivity index (χ1) is 10.2. The standard InChI is InChI=1S/C17H26N2O2/c1-4-13-11-18-7-5-6-14(18)12-19(13)15-8-16(20-2)10-17(9-15)21-3/h8-10,13-14H,4-7,11-12H2,1-3H3. The van der Waals surface area contributed by atoms with E-state index in [1.807, 2.05) is 6.07 Å². The Hall–Kier alpha value is -1.42. The van der Waals surface area contributed by atoms with Gasteiger partial charge in [0.25, 0.3) is 0 Å². The van der Waals surface area contributed by atoms with Gasteiger partial charge < -0.3 is 14.4 Å². The Kier molecular flexibility index (Phi) is 4.24. The van der Waals surface area contributed by atoms with Gasteiger partial charge in [-0.05, 0) is 25.8 Å². The monoisotopic (exact) mass is 290 g/mol. The summed E-state index contributed by atoms with van der Waals surface area (Å²) in [6, 6.07) is 7.50. The van der Waals surface area contributed by atoms with Crippen molar-refractivity contribution in [2.45, 2.75) is 38.3 Å². The van der Waals surface area contributed by atoms with Gasteiger partial charge in [-0.3, -0.25) is 4.90 Å². The molecule has 1 aromatic rings. The van der Waals surface area contributed by atoms with E-state index in [9.17, 15) is 0 Å². The molecular formula is C17H26N2O2. The maximum atomic E-state index is 5.43. The van der Waals surface area contributed by atoms with E-state index in [0.717, 1.165) is 18.0 Å². The van der Waals surface area contributed by atoms with Crippen LogP contribution in [-0.4, -0.2) is 50.8 Å². The van der Waals surface area contributed by atoms with Gasteiger partial charge in [-0.2, -0.15) is 0 Å².